The second-order valence-corrected chi connectivity index (χ2v) is 3.22. The van der Waals surface area contributed by atoms with Gasteiger partial charge in [-0.1, -0.05) is 12.5 Å². The number of hydrogen-bond acceptors (Lipinski definition) is 1. The number of rotatable bonds is 4. The van der Waals surface area contributed by atoms with Crippen LogP contribution in [-0.2, 0) is 0 Å². The lowest BCUT2D eigenvalue weighted by atomic mass is 10.3. The highest BCUT2D eigenvalue weighted by Crippen LogP contribution is 2.04. The predicted molar refractivity (Wildman–Crippen MR) is 51.5 cm³/mol. The molecule has 2 heteroatoms. The quantitative estimate of drug-likeness (QED) is 0.587. The van der Waals surface area contributed by atoms with Crippen LogP contribution >= 0.6 is 0 Å². The Kier molecular flexibility index (Phi) is 5.43. The highest BCUT2D eigenvalue weighted by Gasteiger charge is 1.92. The molecule has 0 spiro atoms. The number of hydrogen-bond donors (Lipinski definition) is 0. The normalized spacial score (nSPS) is 11.2. The van der Waals surface area contributed by atoms with Crippen LogP contribution in [0.1, 0.15) is 27.2 Å². The van der Waals surface area contributed by atoms with Crippen molar-refractivity contribution in [1.29, 1.82) is 0 Å². The van der Waals surface area contributed by atoms with E-state index in [-0.39, 0.29) is 5.83 Å². The van der Waals surface area contributed by atoms with E-state index in [0.717, 1.165) is 18.5 Å². The van der Waals surface area contributed by atoms with Crippen molar-refractivity contribution < 1.29 is 4.39 Å². The van der Waals surface area contributed by atoms with Crippen LogP contribution in [0.15, 0.2) is 23.7 Å². The molecule has 0 N–H and O–H groups in total. The molecule has 0 atom stereocenters. The molecule has 0 fully saturated rings. The number of nitrogens with zero attached hydrogens (tertiary/aromatic N) is 1. The van der Waals surface area contributed by atoms with E-state index < -0.39 is 0 Å². The summed E-state index contributed by atoms with van der Waals surface area (Å²) in [5.74, 6) is -0.175. The monoisotopic (exact) mass is 171 g/mol. The lowest BCUT2D eigenvalue weighted by molar-refractivity contribution is 0.439. The fourth-order valence-corrected chi connectivity index (χ4v) is 0.941. The molecular weight excluding hydrogens is 153 g/mol. The zero-order valence-electron chi connectivity index (χ0n) is 8.39. The smallest absolute Gasteiger partial charge is 0.138 e. The van der Waals surface area contributed by atoms with Crippen molar-refractivity contribution in [3.8, 4) is 0 Å². The topological polar surface area (TPSA) is 3.24 Å². The van der Waals surface area contributed by atoms with Gasteiger partial charge in [0.15, 0.2) is 0 Å². The molecule has 0 radical (unpaired) electrons. The van der Waals surface area contributed by atoms with E-state index in [1.165, 1.54) is 12.3 Å². The molecule has 12 heavy (non-hydrogen) atoms. The molecule has 1 nitrogen and oxygen atoms in total. The fraction of sp³-hybridized carbons (Fsp3) is 0.600. The molecule has 0 aliphatic carbocycles. The van der Waals surface area contributed by atoms with Crippen LogP contribution in [-0.4, -0.2) is 18.5 Å². The van der Waals surface area contributed by atoms with Crippen LogP contribution in [0.5, 0.6) is 0 Å². The summed E-state index contributed by atoms with van der Waals surface area (Å²) >= 11 is 0. The maximum Gasteiger partial charge on any atom is 0.138 e. The largest absolute Gasteiger partial charge is 0.378 e. The van der Waals surface area contributed by atoms with Crippen molar-refractivity contribution in [3.05, 3.63) is 23.7 Å². The van der Waals surface area contributed by atoms with Crippen molar-refractivity contribution in [2.24, 2.45) is 0 Å². The van der Waals surface area contributed by atoms with E-state index >= 15 is 0 Å². The maximum absolute atomic E-state index is 13.0. The Labute approximate surface area is 74.6 Å². The standard InChI is InChI=1S/C10H18FN/c1-5-6-12(4)8-10(11)7-9(2)3/h7-8H,5-6H2,1-4H3/b10-8+. The molecule has 0 aliphatic heterocycles. The molecule has 0 saturated heterocycles. The SMILES string of the molecule is CCCN(C)/C=C(/F)C=C(C)C. The van der Waals surface area contributed by atoms with Gasteiger partial charge >= 0.3 is 0 Å². The lowest BCUT2D eigenvalue weighted by Crippen LogP contribution is -2.11. The molecule has 0 bridgehead atoms. The molecule has 0 aromatic carbocycles. The first-order valence-electron chi connectivity index (χ1n) is 4.28. The van der Waals surface area contributed by atoms with Crippen molar-refractivity contribution in [3.63, 3.8) is 0 Å². The third-order valence-electron chi connectivity index (χ3n) is 1.35. The summed E-state index contributed by atoms with van der Waals surface area (Å²) in [4.78, 5) is 1.86. The minimum Gasteiger partial charge on any atom is -0.378 e. The van der Waals surface area contributed by atoms with Crippen LogP contribution in [0.25, 0.3) is 0 Å². The van der Waals surface area contributed by atoms with E-state index in [4.69, 9.17) is 0 Å². The van der Waals surface area contributed by atoms with Gasteiger partial charge in [0, 0.05) is 19.8 Å². The van der Waals surface area contributed by atoms with Gasteiger partial charge in [-0.25, -0.2) is 4.39 Å². The number of halogens is 1. The first-order valence-corrected chi connectivity index (χ1v) is 4.28. The average Bonchev–Trinajstić information content (AvgIpc) is 1.84. The molecule has 0 unspecified atom stereocenters. The molecule has 0 aromatic heterocycles. The van der Waals surface area contributed by atoms with Gasteiger partial charge in [-0.2, -0.15) is 0 Å². The zero-order valence-corrected chi connectivity index (χ0v) is 8.39. The second-order valence-electron chi connectivity index (χ2n) is 3.22. The minimum atomic E-state index is -0.175. The van der Waals surface area contributed by atoms with Gasteiger partial charge in [-0.3, -0.25) is 0 Å². The zero-order chi connectivity index (χ0) is 9.56. The Morgan fingerprint density at radius 2 is 2.00 bits per heavy atom. The second kappa shape index (κ2) is 5.81. The summed E-state index contributed by atoms with van der Waals surface area (Å²) in [5.41, 5.74) is 0.980. The van der Waals surface area contributed by atoms with E-state index in [1.807, 2.05) is 25.8 Å². The maximum atomic E-state index is 13.0. The molecule has 0 heterocycles. The van der Waals surface area contributed by atoms with Gasteiger partial charge in [-0.15, -0.1) is 0 Å². The Morgan fingerprint density at radius 3 is 2.42 bits per heavy atom. The highest BCUT2D eigenvalue weighted by molar-refractivity contribution is 5.14. The Balaban J connectivity index is 4.06. The molecule has 0 rings (SSSR count). The van der Waals surface area contributed by atoms with Crippen molar-refractivity contribution >= 4 is 0 Å². The summed E-state index contributed by atoms with van der Waals surface area (Å²) in [7, 11) is 1.88. The van der Waals surface area contributed by atoms with E-state index in [9.17, 15) is 4.39 Å². The van der Waals surface area contributed by atoms with Crippen LogP contribution in [0.4, 0.5) is 4.39 Å². The van der Waals surface area contributed by atoms with Crippen molar-refractivity contribution in [2.45, 2.75) is 27.2 Å². The third-order valence-corrected chi connectivity index (χ3v) is 1.35. The van der Waals surface area contributed by atoms with Crippen molar-refractivity contribution in [1.82, 2.24) is 4.90 Å². The summed E-state index contributed by atoms with van der Waals surface area (Å²) in [6.45, 7) is 6.73. The molecule has 0 saturated carbocycles. The summed E-state index contributed by atoms with van der Waals surface area (Å²) in [6.07, 6.45) is 4.10. The summed E-state index contributed by atoms with van der Waals surface area (Å²) in [5, 5.41) is 0. The highest BCUT2D eigenvalue weighted by atomic mass is 19.1. The van der Waals surface area contributed by atoms with Crippen LogP contribution in [0.2, 0.25) is 0 Å². The summed E-state index contributed by atoms with van der Waals surface area (Å²) in [6, 6.07) is 0. The predicted octanol–water partition coefficient (Wildman–Crippen LogP) is 3.11. The van der Waals surface area contributed by atoms with E-state index in [0.29, 0.717) is 0 Å². The van der Waals surface area contributed by atoms with Gasteiger partial charge in [0.05, 0.1) is 0 Å². The molecule has 0 aromatic rings. The van der Waals surface area contributed by atoms with Gasteiger partial charge in [-0.05, 0) is 26.3 Å². The first kappa shape index (κ1) is 11.2. The van der Waals surface area contributed by atoms with E-state index in [2.05, 4.69) is 6.92 Å². The van der Waals surface area contributed by atoms with Crippen LogP contribution in [0, 0.1) is 0 Å². The van der Waals surface area contributed by atoms with Gasteiger partial charge in [0.1, 0.15) is 5.83 Å². The van der Waals surface area contributed by atoms with Crippen LogP contribution in [0.3, 0.4) is 0 Å². The minimum absolute atomic E-state index is 0.175. The first-order chi connectivity index (χ1) is 5.56. The fourth-order valence-electron chi connectivity index (χ4n) is 0.941. The van der Waals surface area contributed by atoms with Gasteiger partial charge in [0.25, 0.3) is 0 Å². The van der Waals surface area contributed by atoms with Gasteiger partial charge < -0.3 is 4.90 Å². The lowest BCUT2D eigenvalue weighted by Gasteiger charge is -2.11. The Hall–Kier alpha value is -0.790. The summed E-state index contributed by atoms with van der Waals surface area (Å²) < 4.78 is 13.0. The molecule has 0 aliphatic rings. The van der Waals surface area contributed by atoms with Crippen LogP contribution < -0.4 is 0 Å². The molecular formula is C10H18FN. The number of allylic oxidation sites excluding steroid dienone is 3. The molecule has 0 amide bonds. The Bertz CT molecular complexity index is 178. The van der Waals surface area contributed by atoms with E-state index in [1.54, 1.807) is 0 Å². The Morgan fingerprint density at radius 1 is 1.42 bits per heavy atom. The average molecular weight is 171 g/mol. The third kappa shape index (κ3) is 5.96. The van der Waals surface area contributed by atoms with Crippen molar-refractivity contribution in [2.75, 3.05) is 13.6 Å². The van der Waals surface area contributed by atoms with Gasteiger partial charge in [0.2, 0.25) is 0 Å². The molecule has 70 valence electrons.